The molecular weight excluding hydrogens is 226 g/mol. The second-order valence-electron chi connectivity index (χ2n) is 5.37. The first-order valence-corrected chi connectivity index (χ1v) is 7.12. The second-order valence-corrected chi connectivity index (χ2v) is 5.37. The molecule has 2 unspecified atom stereocenters. The van der Waals surface area contributed by atoms with Crippen LogP contribution in [0.4, 0.5) is 0 Å². The molecule has 0 amide bonds. The topological polar surface area (TPSA) is 48.4 Å². The van der Waals surface area contributed by atoms with Crippen molar-refractivity contribution in [3.63, 3.8) is 0 Å². The second kappa shape index (κ2) is 6.39. The number of rotatable bonds is 5. The van der Waals surface area contributed by atoms with Gasteiger partial charge in [-0.15, -0.1) is 0 Å². The van der Waals surface area contributed by atoms with Gasteiger partial charge in [-0.3, -0.25) is 0 Å². The Morgan fingerprint density at radius 1 is 1.44 bits per heavy atom. The van der Waals surface area contributed by atoms with Gasteiger partial charge < -0.3 is 14.9 Å². The van der Waals surface area contributed by atoms with Crippen molar-refractivity contribution >= 4 is 0 Å². The van der Waals surface area contributed by atoms with Crippen LogP contribution in [-0.4, -0.2) is 6.10 Å². The van der Waals surface area contributed by atoms with Gasteiger partial charge in [-0.1, -0.05) is 26.2 Å². The minimum atomic E-state index is 0.430. The number of aryl methyl sites for hydroxylation is 1. The fourth-order valence-corrected chi connectivity index (χ4v) is 2.80. The summed E-state index contributed by atoms with van der Waals surface area (Å²) in [4.78, 5) is 0. The Kier molecular flexibility index (Phi) is 4.84. The summed E-state index contributed by atoms with van der Waals surface area (Å²) >= 11 is 0. The Labute approximate surface area is 110 Å². The lowest BCUT2D eigenvalue weighted by Crippen LogP contribution is -2.22. The van der Waals surface area contributed by atoms with Gasteiger partial charge in [-0.05, 0) is 31.7 Å². The molecule has 1 fully saturated rings. The SMILES string of the molecule is CCC1CCCC(OCc2cc(CN)oc2C)C1. The summed E-state index contributed by atoms with van der Waals surface area (Å²) in [5.74, 6) is 2.65. The molecule has 1 aliphatic carbocycles. The van der Waals surface area contributed by atoms with E-state index in [4.69, 9.17) is 14.9 Å². The van der Waals surface area contributed by atoms with E-state index in [0.717, 1.165) is 23.0 Å². The van der Waals surface area contributed by atoms with Crippen LogP contribution in [-0.2, 0) is 17.9 Å². The Balaban J connectivity index is 1.85. The van der Waals surface area contributed by atoms with E-state index in [1.807, 2.05) is 13.0 Å². The van der Waals surface area contributed by atoms with E-state index in [-0.39, 0.29) is 0 Å². The quantitative estimate of drug-likeness (QED) is 0.870. The largest absolute Gasteiger partial charge is 0.465 e. The minimum Gasteiger partial charge on any atom is -0.465 e. The van der Waals surface area contributed by atoms with Crippen LogP contribution in [0, 0.1) is 12.8 Å². The molecule has 18 heavy (non-hydrogen) atoms. The summed E-state index contributed by atoms with van der Waals surface area (Å²) in [6.07, 6.45) is 6.82. The van der Waals surface area contributed by atoms with Gasteiger partial charge >= 0.3 is 0 Å². The molecular formula is C15H25NO2. The number of furan rings is 1. The van der Waals surface area contributed by atoms with Crippen molar-refractivity contribution in [1.29, 1.82) is 0 Å². The maximum Gasteiger partial charge on any atom is 0.118 e. The van der Waals surface area contributed by atoms with Crippen molar-refractivity contribution in [3.05, 3.63) is 23.2 Å². The van der Waals surface area contributed by atoms with Gasteiger partial charge in [0.1, 0.15) is 11.5 Å². The Morgan fingerprint density at radius 2 is 2.28 bits per heavy atom. The summed E-state index contributed by atoms with van der Waals surface area (Å²) in [5.41, 5.74) is 6.72. The lowest BCUT2D eigenvalue weighted by Gasteiger charge is -2.28. The predicted molar refractivity (Wildman–Crippen MR) is 72.2 cm³/mol. The summed E-state index contributed by atoms with van der Waals surface area (Å²) in [7, 11) is 0. The van der Waals surface area contributed by atoms with Gasteiger partial charge in [0.25, 0.3) is 0 Å². The minimum absolute atomic E-state index is 0.430. The smallest absolute Gasteiger partial charge is 0.118 e. The van der Waals surface area contributed by atoms with E-state index in [9.17, 15) is 0 Å². The van der Waals surface area contributed by atoms with Gasteiger partial charge in [0.05, 0.1) is 19.3 Å². The Hall–Kier alpha value is -0.800. The Bertz CT molecular complexity index is 373. The van der Waals surface area contributed by atoms with E-state index in [0.29, 0.717) is 19.3 Å². The summed E-state index contributed by atoms with van der Waals surface area (Å²) in [6.45, 7) is 5.38. The molecule has 1 aromatic rings. The van der Waals surface area contributed by atoms with Crippen LogP contribution in [0.25, 0.3) is 0 Å². The van der Waals surface area contributed by atoms with E-state index >= 15 is 0 Å². The van der Waals surface area contributed by atoms with Crippen LogP contribution in [0.2, 0.25) is 0 Å². The maximum absolute atomic E-state index is 6.04. The molecule has 1 aliphatic rings. The molecule has 0 aromatic carbocycles. The molecule has 2 N–H and O–H groups in total. The van der Waals surface area contributed by atoms with Gasteiger partial charge in [0.15, 0.2) is 0 Å². The molecule has 3 heteroatoms. The van der Waals surface area contributed by atoms with Crippen molar-refractivity contribution in [2.24, 2.45) is 11.7 Å². The first kappa shape index (κ1) is 13.6. The Morgan fingerprint density at radius 3 is 2.94 bits per heavy atom. The van der Waals surface area contributed by atoms with Gasteiger partial charge in [-0.2, -0.15) is 0 Å². The first-order chi connectivity index (χ1) is 8.72. The average Bonchev–Trinajstić information content (AvgIpc) is 2.77. The standard InChI is InChI=1S/C15H25NO2/c1-3-12-5-4-6-14(7-12)17-10-13-8-15(9-16)18-11(13)2/h8,12,14H,3-7,9-10,16H2,1-2H3. The van der Waals surface area contributed by atoms with Crippen LogP contribution >= 0.6 is 0 Å². The normalized spacial score (nSPS) is 24.4. The lowest BCUT2D eigenvalue weighted by atomic mass is 9.85. The van der Waals surface area contributed by atoms with Crippen molar-refractivity contribution in [3.8, 4) is 0 Å². The first-order valence-electron chi connectivity index (χ1n) is 7.12. The highest BCUT2D eigenvalue weighted by Crippen LogP contribution is 2.29. The van der Waals surface area contributed by atoms with Crippen LogP contribution in [0.15, 0.2) is 10.5 Å². The third kappa shape index (κ3) is 3.36. The van der Waals surface area contributed by atoms with Crippen molar-refractivity contribution in [1.82, 2.24) is 0 Å². The summed E-state index contributed by atoms with van der Waals surface area (Å²) < 4.78 is 11.6. The number of hydrogen-bond acceptors (Lipinski definition) is 3. The van der Waals surface area contributed by atoms with Crippen molar-refractivity contribution in [2.75, 3.05) is 0 Å². The van der Waals surface area contributed by atoms with Crippen molar-refractivity contribution < 1.29 is 9.15 Å². The maximum atomic E-state index is 6.04. The molecule has 1 aromatic heterocycles. The molecule has 0 radical (unpaired) electrons. The molecule has 2 atom stereocenters. The molecule has 0 saturated heterocycles. The highest BCUT2D eigenvalue weighted by molar-refractivity contribution is 5.19. The van der Waals surface area contributed by atoms with Crippen molar-refractivity contribution in [2.45, 2.75) is 65.2 Å². The zero-order valence-electron chi connectivity index (χ0n) is 11.6. The summed E-state index contributed by atoms with van der Waals surface area (Å²) in [6, 6.07) is 2.02. The van der Waals surface area contributed by atoms with E-state index in [2.05, 4.69) is 6.92 Å². The number of ether oxygens (including phenoxy) is 1. The zero-order valence-corrected chi connectivity index (χ0v) is 11.6. The van der Waals surface area contributed by atoms with E-state index in [1.54, 1.807) is 0 Å². The van der Waals surface area contributed by atoms with Gasteiger partial charge in [-0.25, -0.2) is 0 Å². The highest BCUT2D eigenvalue weighted by Gasteiger charge is 2.21. The third-order valence-corrected chi connectivity index (χ3v) is 4.06. The van der Waals surface area contributed by atoms with Crippen LogP contribution in [0.5, 0.6) is 0 Å². The van der Waals surface area contributed by atoms with Gasteiger partial charge in [0.2, 0.25) is 0 Å². The highest BCUT2D eigenvalue weighted by atomic mass is 16.5. The molecule has 0 aliphatic heterocycles. The molecule has 0 bridgehead atoms. The average molecular weight is 251 g/mol. The lowest BCUT2D eigenvalue weighted by molar-refractivity contribution is 0.00134. The summed E-state index contributed by atoms with van der Waals surface area (Å²) in [5, 5.41) is 0. The van der Waals surface area contributed by atoms with Gasteiger partial charge in [0, 0.05) is 5.56 Å². The van der Waals surface area contributed by atoms with Crippen LogP contribution < -0.4 is 5.73 Å². The number of hydrogen-bond donors (Lipinski definition) is 1. The molecule has 3 nitrogen and oxygen atoms in total. The molecule has 0 spiro atoms. The number of nitrogens with two attached hydrogens (primary N) is 1. The molecule has 2 rings (SSSR count). The zero-order chi connectivity index (χ0) is 13.0. The fraction of sp³-hybridized carbons (Fsp3) is 0.733. The molecule has 1 saturated carbocycles. The molecule has 1 heterocycles. The molecule has 102 valence electrons. The third-order valence-electron chi connectivity index (χ3n) is 4.06. The monoisotopic (exact) mass is 251 g/mol. The van der Waals surface area contributed by atoms with Crippen LogP contribution in [0.1, 0.15) is 56.1 Å². The predicted octanol–water partition coefficient (Wildman–Crippen LogP) is 3.53. The van der Waals surface area contributed by atoms with E-state index < -0.39 is 0 Å². The van der Waals surface area contributed by atoms with E-state index in [1.165, 1.54) is 32.1 Å². The fourth-order valence-electron chi connectivity index (χ4n) is 2.80. The van der Waals surface area contributed by atoms with Crippen LogP contribution in [0.3, 0.4) is 0 Å².